The fourth-order valence-corrected chi connectivity index (χ4v) is 2.76. The van der Waals surface area contributed by atoms with Crippen molar-refractivity contribution in [2.45, 2.75) is 20.3 Å². The van der Waals surface area contributed by atoms with Crippen LogP contribution in [0.3, 0.4) is 0 Å². The molecule has 0 spiro atoms. The molecule has 0 bridgehead atoms. The molecule has 2 rings (SSSR count). The van der Waals surface area contributed by atoms with Crippen LogP contribution in [0.2, 0.25) is 0 Å². The quantitative estimate of drug-likeness (QED) is 0.619. The molecule has 4 heteroatoms. The Labute approximate surface area is 112 Å². The second kappa shape index (κ2) is 5.14. The number of benzene rings is 1. The van der Waals surface area contributed by atoms with Crippen molar-refractivity contribution in [1.29, 1.82) is 0 Å². The first-order valence-electron chi connectivity index (χ1n) is 6.03. The minimum atomic E-state index is -0.372. The Bertz CT molecular complexity index is 511. The van der Waals surface area contributed by atoms with E-state index < -0.39 is 0 Å². The number of thioether (sulfide) groups is 1. The average molecular weight is 263 g/mol. The molecule has 0 aliphatic carbocycles. The Hall–Kier alpha value is -1.29. The first kappa shape index (κ1) is 13.1. The zero-order chi connectivity index (χ0) is 13.3. The summed E-state index contributed by atoms with van der Waals surface area (Å²) in [4.78, 5) is 25.7. The molecule has 0 saturated heterocycles. The molecule has 18 heavy (non-hydrogen) atoms. The summed E-state index contributed by atoms with van der Waals surface area (Å²) < 4.78 is 0. The fraction of sp³-hybridized carbons (Fsp3) is 0.429. The van der Waals surface area contributed by atoms with Gasteiger partial charge < -0.3 is 4.90 Å². The lowest BCUT2D eigenvalue weighted by atomic mass is 10.0. The van der Waals surface area contributed by atoms with E-state index in [0.717, 1.165) is 29.0 Å². The molecule has 0 N–H and O–H groups in total. The van der Waals surface area contributed by atoms with Gasteiger partial charge in [-0.2, -0.15) is 11.8 Å². The number of rotatable bonds is 4. The third kappa shape index (κ3) is 2.05. The van der Waals surface area contributed by atoms with Crippen LogP contribution in [0.15, 0.2) is 12.1 Å². The van der Waals surface area contributed by atoms with E-state index in [-0.39, 0.29) is 11.7 Å². The maximum atomic E-state index is 12.0. The van der Waals surface area contributed by atoms with Crippen molar-refractivity contribution in [3.8, 4) is 0 Å². The van der Waals surface area contributed by atoms with Crippen LogP contribution >= 0.6 is 11.8 Å². The van der Waals surface area contributed by atoms with Crippen LogP contribution in [0.5, 0.6) is 0 Å². The summed E-state index contributed by atoms with van der Waals surface area (Å²) in [6.07, 6.45) is 2.95. The molecule has 1 aliphatic heterocycles. The number of amides is 1. The highest BCUT2D eigenvalue weighted by molar-refractivity contribution is 7.98. The molecule has 1 aromatic rings. The SMILES string of the molecule is CSCCCN1C(=O)C(=O)c2c(C)ccc(C)c21. The zero-order valence-electron chi connectivity index (χ0n) is 10.9. The molecule has 96 valence electrons. The highest BCUT2D eigenvalue weighted by Crippen LogP contribution is 2.34. The maximum Gasteiger partial charge on any atom is 0.299 e. The summed E-state index contributed by atoms with van der Waals surface area (Å²) in [6.45, 7) is 4.46. The molecule has 0 aromatic heterocycles. The van der Waals surface area contributed by atoms with Crippen molar-refractivity contribution in [3.05, 3.63) is 28.8 Å². The standard InChI is InChI=1S/C14H17NO2S/c1-9-5-6-10(2)12-11(9)13(16)14(17)15(12)7-4-8-18-3/h5-6H,4,7-8H2,1-3H3. The number of Topliss-reactive ketones (excluding diaryl/α,β-unsaturated/α-hetero) is 1. The summed E-state index contributed by atoms with van der Waals surface area (Å²) in [5.41, 5.74) is 3.32. The van der Waals surface area contributed by atoms with Crippen LogP contribution in [0, 0.1) is 13.8 Å². The number of anilines is 1. The Morgan fingerprint density at radius 3 is 2.50 bits per heavy atom. The first-order valence-corrected chi connectivity index (χ1v) is 7.42. The van der Waals surface area contributed by atoms with Gasteiger partial charge in [-0.3, -0.25) is 9.59 Å². The van der Waals surface area contributed by atoms with E-state index in [4.69, 9.17) is 0 Å². The largest absolute Gasteiger partial charge is 0.304 e. The van der Waals surface area contributed by atoms with Gasteiger partial charge in [-0.05, 0) is 43.4 Å². The van der Waals surface area contributed by atoms with Crippen molar-refractivity contribution in [3.63, 3.8) is 0 Å². The van der Waals surface area contributed by atoms with Gasteiger partial charge >= 0.3 is 0 Å². The summed E-state index contributed by atoms with van der Waals surface area (Å²) >= 11 is 1.75. The monoisotopic (exact) mass is 263 g/mol. The van der Waals surface area contributed by atoms with E-state index in [2.05, 4.69) is 0 Å². The molecule has 1 aromatic carbocycles. The van der Waals surface area contributed by atoms with Crippen LogP contribution in [0.4, 0.5) is 5.69 Å². The minimum absolute atomic E-state index is 0.352. The van der Waals surface area contributed by atoms with Gasteiger partial charge in [-0.15, -0.1) is 0 Å². The van der Waals surface area contributed by atoms with E-state index in [0.29, 0.717) is 12.1 Å². The second-order valence-electron chi connectivity index (χ2n) is 4.56. The lowest BCUT2D eigenvalue weighted by Crippen LogP contribution is -2.31. The number of aryl methyl sites for hydroxylation is 2. The molecule has 0 unspecified atom stereocenters. The topological polar surface area (TPSA) is 37.4 Å². The number of carbonyl (C=O) groups is 2. The van der Waals surface area contributed by atoms with Crippen molar-refractivity contribution >= 4 is 29.1 Å². The van der Waals surface area contributed by atoms with Crippen LogP contribution in [0.1, 0.15) is 27.9 Å². The van der Waals surface area contributed by atoms with Gasteiger partial charge in [0.2, 0.25) is 0 Å². The fourth-order valence-electron chi connectivity index (χ4n) is 2.34. The lowest BCUT2D eigenvalue weighted by Gasteiger charge is -2.18. The number of fused-ring (bicyclic) bond motifs is 1. The highest BCUT2D eigenvalue weighted by Gasteiger charge is 2.37. The van der Waals surface area contributed by atoms with Crippen LogP contribution in [-0.2, 0) is 4.79 Å². The third-order valence-corrected chi connectivity index (χ3v) is 3.95. The summed E-state index contributed by atoms with van der Waals surface area (Å²) in [5, 5.41) is 0. The second-order valence-corrected chi connectivity index (χ2v) is 5.54. The van der Waals surface area contributed by atoms with Gasteiger partial charge in [0, 0.05) is 6.54 Å². The summed E-state index contributed by atoms with van der Waals surface area (Å²) in [7, 11) is 0. The molecule has 1 aliphatic rings. The smallest absolute Gasteiger partial charge is 0.299 e. The van der Waals surface area contributed by atoms with Gasteiger partial charge in [0.1, 0.15) is 0 Å². The molecule has 1 heterocycles. The Kier molecular flexibility index (Phi) is 3.76. The van der Waals surface area contributed by atoms with E-state index >= 15 is 0 Å². The summed E-state index contributed by atoms with van der Waals surface area (Å²) in [6, 6.07) is 3.88. The predicted molar refractivity (Wildman–Crippen MR) is 75.6 cm³/mol. The molecule has 0 saturated carbocycles. The average Bonchev–Trinajstić information content (AvgIpc) is 2.60. The number of hydrogen-bond donors (Lipinski definition) is 0. The molecule has 1 amide bonds. The van der Waals surface area contributed by atoms with Gasteiger partial charge in [-0.1, -0.05) is 12.1 Å². The molecule has 3 nitrogen and oxygen atoms in total. The number of ketones is 1. The molecular weight excluding hydrogens is 246 g/mol. The van der Waals surface area contributed by atoms with Gasteiger partial charge in [0.15, 0.2) is 0 Å². The highest BCUT2D eigenvalue weighted by atomic mass is 32.2. The van der Waals surface area contributed by atoms with Crippen LogP contribution in [-0.4, -0.2) is 30.2 Å². The minimum Gasteiger partial charge on any atom is -0.304 e. The normalized spacial score (nSPS) is 14.3. The predicted octanol–water partition coefficient (Wildman–Crippen LogP) is 2.59. The molecule has 0 atom stereocenters. The first-order chi connectivity index (χ1) is 8.57. The Morgan fingerprint density at radius 2 is 1.83 bits per heavy atom. The van der Waals surface area contributed by atoms with Crippen molar-refractivity contribution < 1.29 is 9.59 Å². The third-order valence-electron chi connectivity index (χ3n) is 3.25. The van der Waals surface area contributed by atoms with E-state index in [9.17, 15) is 9.59 Å². The molecular formula is C14H17NO2S. The number of carbonyl (C=O) groups excluding carboxylic acids is 2. The zero-order valence-corrected chi connectivity index (χ0v) is 11.8. The Balaban J connectivity index is 2.39. The van der Waals surface area contributed by atoms with E-state index in [1.165, 1.54) is 0 Å². The maximum absolute atomic E-state index is 12.0. The van der Waals surface area contributed by atoms with Crippen molar-refractivity contribution in [2.75, 3.05) is 23.5 Å². The molecule has 0 radical (unpaired) electrons. The van der Waals surface area contributed by atoms with E-state index in [1.54, 1.807) is 16.7 Å². The summed E-state index contributed by atoms with van der Waals surface area (Å²) in [5.74, 6) is 0.275. The van der Waals surface area contributed by atoms with Crippen molar-refractivity contribution in [2.24, 2.45) is 0 Å². The van der Waals surface area contributed by atoms with Gasteiger partial charge in [-0.25, -0.2) is 0 Å². The van der Waals surface area contributed by atoms with Crippen LogP contribution < -0.4 is 4.90 Å². The molecule has 0 fully saturated rings. The number of hydrogen-bond acceptors (Lipinski definition) is 3. The van der Waals surface area contributed by atoms with Crippen LogP contribution in [0.25, 0.3) is 0 Å². The lowest BCUT2D eigenvalue weighted by molar-refractivity contribution is -0.114. The van der Waals surface area contributed by atoms with Gasteiger partial charge in [0.05, 0.1) is 11.3 Å². The van der Waals surface area contributed by atoms with Crippen molar-refractivity contribution in [1.82, 2.24) is 0 Å². The Morgan fingerprint density at radius 1 is 1.17 bits per heavy atom. The van der Waals surface area contributed by atoms with Gasteiger partial charge in [0.25, 0.3) is 11.7 Å². The number of nitrogens with zero attached hydrogens (tertiary/aromatic N) is 1. The van der Waals surface area contributed by atoms with E-state index in [1.807, 2.05) is 32.2 Å².